The summed E-state index contributed by atoms with van der Waals surface area (Å²) in [7, 11) is 0. The van der Waals surface area contributed by atoms with Crippen LogP contribution in [-0.4, -0.2) is 61.5 Å². The summed E-state index contributed by atoms with van der Waals surface area (Å²) in [5.41, 5.74) is 7.22. The predicted octanol–water partition coefficient (Wildman–Crippen LogP) is 6.01. The monoisotopic (exact) mass is 477 g/mol. The third-order valence-electron chi connectivity index (χ3n) is 7.86. The number of morpholine rings is 1. The van der Waals surface area contributed by atoms with Crippen molar-refractivity contribution < 1.29 is 9.47 Å². The molecule has 0 bridgehead atoms. The fourth-order valence-corrected chi connectivity index (χ4v) is 5.69. The minimum absolute atomic E-state index is 0.121. The lowest BCUT2D eigenvalue weighted by atomic mass is 9.64. The van der Waals surface area contributed by atoms with Crippen molar-refractivity contribution >= 4 is 11.4 Å². The van der Waals surface area contributed by atoms with Gasteiger partial charge in [-0.15, -0.1) is 0 Å². The molecule has 1 unspecified atom stereocenters. The summed E-state index contributed by atoms with van der Waals surface area (Å²) in [6.45, 7) is 22.9. The summed E-state index contributed by atoms with van der Waals surface area (Å²) < 4.78 is 11.9. The van der Waals surface area contributed by atoms with Gasteiger partial charge in [0.05, 0.1) is 48.7 Å². The molecule has 5 nitrogen and oxygen atoms in total. The van der Waals surface area contributed by atoms with Crippen molar-refractivity contribution in [3.8, 4) is 0 Å². The molecule has 3 heterocycles. The molecule has 4 rings (SSSR count). The van der Waals surface area contributed by atoms with Gasteiger partial charge in [0.15, 0.2) is 0 Å². The molecule has 1 atom stereocenters. The molecule has 35 heavy (non-hydrogen) atoms. The lowest BCUT2D eigenvalue weighted by molar-refractivity contribution is -0.0217. The molecule has 2 aliphatic heterocycles. The Labute approximate surface area is 212 Å². The van der Waals surface area contributed by atoms with Crippen LogP contribution in [0, 0.1) is 5.41 Å². The highest BCUT2D eigenvalue weighted by Crippen LogP contribution is 2.50. The second-order valence-electron chi connectivity index (χ2n) is 10.7. The maximum absolute atomic E-state index is 6.44. The summed E-state index contributed by atoms with van der Waals surface area (Å²) in [5.74, 6) is 0. The van der Waals surface area contributed by atoms with Gasteiger partial charge in [0.1, 0.15) is 0 Å². The van der Waals surface area contributed by atoms with Crippen molar-refractivity contribution in [2.75, 3.05) is 44.3 Å². The first kappa shape index (κ1) is 25.7. The van der Waals surface area contributed by atoms with Gasteiger partial charge in [-0.3, -0.25) is 4.98 Å². The highest BCUT2D eigenvalue weighted by molar-refractivity contribution is 5.60. The number of allylic oxidation sites excluding steroid dienone is 3. The number of ether oxygens (including phenoxy) is 2. The van der Waals surface area contributed by atoms with Gasteiger partial charge < -0.3 is 19.3 Å². The Kier molecular flexibility index (Phi) is 8.18. The molecule has 0 N–H and O–H groups in total. The molecule has 3 aliphatic rings. The van der Waals surface area contributed by atoms with Gasteiger partial charge in [-0.1, -0.05) is 30.9 Å². The maximum Gasteiger partial charge on any atom is 0.0858 e. The maximum atomic E-state index is 6.44. The fourth-order valence-electron chi connectivity index (χ4n) is 5.69. The van der Waals surface area contributed by atoms with Gasteiger partial charge >= 0.3 is 0 Å². The molecule has 2 saturated heterocycles. The van der Waals surface area contributed by atoms with Crippen molar-refractivity contribution in [3.05, 3.63) is 66.1 Å². The van der Waals surface area contributed by atoms with Crippen LogP contribution in [0.4, 0.5) is 5.69 Å². The molecule has 1 saturated carbocycles. The molecule has 0 radical (unpaired) electrons. The summed E-state index contributed by atoms with van der Waals surface area (Å²) in [5, 5.41) is 0. The zero-order chi connectivity index (χ0) is 25.0. The van der Waals surface area contributed by atoms with Crippen LogP contribution in [0.2, 0.25) is 0 Å². The molecule has 1 aromatic heterocycles. The van der Waals surface area contributed by atoms with Crippen LogP contribution >= 0.6 is 0 Å². The molecule has 0 aromatic carbocycles. The van der Waals surface area contributed by atoms with Gasteiger partial charge in [-0.2, -0.15) is 0 Å². The van der Waals surface area contributed by atoms with E-state index in [0.29, 0.717) is 0 Å². The average molecular weight is 478 g/mol. The molecule has 0 amide bonds. The van der Waals surface area contributed by atoms with Crippen LogP contribution in [0.1, 0.15) is 59.1 Å². The summed E-state index contributed by atoms with van der Waals surface area (Å²) in [6.07, 6.45) is 11.1. The number of nitrogens with zero attached hydrogens (tertiary/aromatic N) is 3. The quantitative estimate of drug-likeness (QED) is 0.502. The number of anilines is 1. The van der Waals surface area contributed by atoms with Crippen LogP contribution in [-0.2, 0) is 9.47 Å². The first-order valence-corrected chi connectivity index (χ1v) is 13.2. The lowest BCUT2D eigenvalue weighted by Gasteiger charge is -2.49. The number of rotatable bonds is 6. The van der Waals surface area contributed by atoms with E-state index in [1.54, 1.807) is 0 Å². The Morgan fingerprint density at radius 1 is 1.20 bits per heavy atom. The van der Waals surface area contributed by atoms with E-state index >= 15 is 0 Å². The molecule has 190 valence electrons. The Morgan fingerprint density at radius 2 is 1.91 bits per heavy atom. The molecule has 1 aromatic rings. The minimum Gasteiger partial charge on any atom is -0.378 e. The third kappa shape index (κ3) is 6.07. The van der Waals surface area contributed by atoms with Gasteiger partial charge in [0.25, 0.3) is 0 Å². The van der Waals surface area contributed by atoms with E-state index < -0.39 is 0 Å². The first-order valence-electron chi connectivity index (χ1n) is 13.2. The minimum atomic E-state index is 0.121. The number of aromatic nitrogens is 1. The standard InChI is InChI=1S/C30H43N3O2/c1-7-23(4)18-27-24(5)19-30(20-29(27)35-22(2)3)10-12-32(13-11-30)25(6)28-9-8-26(21-31-28)33-14-16-34-17-15-33/h7-9,18,21-22,29H,5-6,10-17,19-20H2,1-4H3/b23-7-,27-18+. The van der Waals surface area contributed by atoms with Crippen LogP contribution in [0.25, 0.3) is 5.70 Å². The molecule has 3 fully saturated rings. The average Bonchev–Trinajstić information content (AvgIpc) is 2.86. The Balaban J connectivity index is 1.41. The highest BCUT2D eigenvalue weighted by atomic mass is 16.5. The second-order valence-corrected chi connectivity index (χ2v) is 10.7. The van der Waals surface area contributed by atoms with E-state index in [1.807, 2.05) is 6.20 Å². The fraction of sp³-hybridized carbons (Fsp3) is 0.567. The third-order valence-corrected chi connectivity index (χ3v) is 7.86. The number of piperidine rings is 1. The summed E-state index contributed by atoms with van der Waals surface area (Å²) in [6, 6.07) is 4.29. The lowest BCUT2D eigenvalue weighted by Crippen LogP contribution is -2.44. The first-order chi connectivity index (χ1) is 16.8. The van der Waals surface area contributed by atoms with Gasteiger partial charge in [-0.05, 0) is 82.1 Å². The van der Waals surface area contributed by atoms with E-state index in [-0.39, 0.29) is 17.6 Å². The van der Waals surface area contributed by atoms with E-state index in [2.05, 4.69) is 74.9 Å². The number of hydrogen-bond acceptors (Lipinski definition) is 5. The Hall–Kier alpha value is -2.37. The number of hydrogen-bond donors (Lipinski definition) is 0. The molecular weight excluding hydrogens is 434 g/mol. The summed E-state index contributed by atoms with van der Waals surface area (Å²) in [4.78, 5) is 9.51. The van der Waals surface area contributed by atoms with Crippen LogP contribution in [0.3, 0.4) is 0 Å². The SMILES string of the molecule is C=C1CC2(CCN(C(=C)c3ccc(N4CCOCC4)cn3)CC2)CC(OC(C)C)/C1=C/C(C)=C\C. The molecule has 5 heteroatoms. The van der Waals surface area contributed by atoms with Crippen molar-refractivity contribution in [3.63, 3.8) is 0 Å². The van der Waals surface area contributed by atoms with E-state index in [4.69, 9.17) is 14.5 Å². The van der Waals surface area contributed by atoms with Crippen LogP contribution in [0.15, 0.2) is 60.4 Å². The number of pyridine rings is 1. The van der Waals surface area contributed by atoms with Gasteiger partial charge in [0, 0.05) is 26.2 Å². The zero-order valence-corrected chi connectivity index (χ0v) is 22.2. The zero-order valence-electron chi connectivity index (χ0n) is 22.2. The summed E-state index contributed by atoms with van der Waals surface area (Å²) >= 11 is 0. The normalized spacial score (nSPS) is 24.5. The van der Waals surface area contributed by atoms with E-state index in [1.165, 1.54) is 16.7 Å². The largest absolute Gasteiger partial charge is 0.378 e. The molecule has 1 aliphatic carbocycles. The predicted molar refractivity (Wildman–Crippen MR) is 145 cm³/mol. The van der Waals surface area contributed by atoms with Gasteiger partial charge in [0.2, 0.25) is 0 Å². The van der Waals surface area contributed by atoms with Crippen molar-refractivity contribution in [1.29, 1.82) is 0 Å². The molecule has 1 spiro atoms. The Morgan fingerprint density at radius 3 is 2.51 bits per heavy atom. The van der Waals surface area contributed by atoms with Crippen LogP contribution in [0.5, 0.6) is 0 Å². The van der Waals surface area contributed by atoms with Gasteiger partial charge in [-0.25, -0.2) is 0 Å². The highest BCUT2D eigenvalue weighted by Gasteiger charge is 2.43. The Bertz CT molecular complexity index is 962. The smallest absolute Gasteiger partial charge is 0.0858 e. The second kappa shape index (κ2) is 11.1. The van der Waals surface area contributed by atoms with E-state index in [0.717, 1.165) is 82.2 Å². The molecular formula is C30H43N3O2. The van der Waals surface area contributed by atoms with E-state index in [9.17, 15) is 0 Å². The topological polar surface area (TPSA) is 37.8 Å². The number of likely N-dealkylation sites (tertiary alicyclic amines) is 1. The van der Waals surface area contributed by atoms with Crippen molar-refractivity contribution in [2.24, 2.45) is 5.41 Å². The van der Waals surface area contributed by atoms with Crippen LogP contribution < -0.4 is 4.90 Å². The van der Waals surface area contributed by atoms with Crippen molar-refractivity contribution in [2.45, 2.75) is 65.6 Å². The van der Waals surface area contributed by atoms with Crippen molar-refractivity contribution in [1.82, 2.24) is 9.88 Å².